The summed E-state index contributed by atoms with van der Waals surface area (Å²) in [4.78, 5) is 12.9. The smallest absolute Gasteiger partial charge is 0.152 e. The zero-order chi connectivity index (χ0) is 13.9. The van der Waals surface area contributed by atoms with Gasteiger partial charge in [-0.1, -0.05) is 0 Å². The van der Waals surface area contributed by atoms with Gasteiger partial charge in [0.15, 0.2) is 5.82 Å². The largest absolute Gasteiger partial charge is 0.383 e. The highest BCUT2D eigenvalue weighted by molar-refractivity contribution is 9.10. The van der Waals surface area contributed by atoms with E-state index in [0.29, 0.717) is 0 Å². The van der Waals surface area contributed by atoms with E-state index in [4.69, 9.17) is 0 Å². The van der Waals surface area contributed by atoms with Crippen LogP contribution in [0.15, 0.2) is 35.3 Å². The first kappa shape index (κ1) is 13.0. The molecule has 0 radical (unpaired) electrons. The number of nitrogens with one attached hydrogen (secondary N) is 1. The molecular formula is C13H13BrN6. The Bertz CT molecular complexity index is 739. The monoisotopic (exact) mass is 332 g/mol. The molecule has 102 valence electrons. The van der Waals surface area contributed by atoms with E-state index in [-0.39, 0.29) is 0 Å². The van der Waals surface area contributed by atoms with Gasteiger partial charge in [-0.2, -0.15) is 5.10 Å². The van der Waals surface area contributed by atoms with Crippen molar-refractivity contribution >= 4 is 32.7 Å². The Kier molecular flexibility index (Phi) is 3.60. The Balaban J connectivity index is 1.74. The predicted octanol–water partition coefficient (Wildman–Crippen LogP) is 2.18. The minimum absolute atomic E-state index is 0.751. The average molecular weight is 333 g/mol. The highest BCUT2D eigenvalue weighted by Gasteiger charge is 2.04. The zero-order valence-corrected chi connectivity index (χ0v) is 12.5. The lowest BCUT2D eigenvalue weighted by atomic mass is 10.2. The van der Waals surface area contributed by atoms with Crippen LogP contribution in [0.4, 0.5) is 5.69 Å². The van der Waals surface area contributed by atoms with Crippen molar-refractivity contribution in [2.75, 3.05) is 11.9 Å². The summed E-state index contributed by atoms with van der Waals surface area (Å²) in [6.07, 6.45) is 6.02. The van der Waals surface area contributed by atoms with Crippen LogP contribution in [0.25, 0.3) is 11.0 Å². The molecule has 0 spiro atoms. The van der Waals surface area contributed by atoms with Crippen LogP contribution in [0, 0.1) is 0 Å². The summed E-state index contributed by atoms with van der Waals surface area (Å²) < 4.78 is 2.63. The molecule has 0 fully saturated rings. The molecule has 0 aromatic carbocycles. The van der Waals surface area contributed by atoms with E-state index in [9.17, 15) is 0 Å². The molecule has 3 aromatic rings. The second kappa shape index (κ2) is 5.54. The van der Waals surface area contributed by atoms with Crippen molar-refractivity contribution < 1.29 is 0 Å². The lowest BCUT2D eigenvalue weighted by molar-refractivity contribution is 0.742. The number of anilines is 1. The summed E-state index contributed by atoms with van der Waals surface area (Å²) in [5.41, 5.74) is 2.70. The van der Waals surface area contributed by atoms with E-state index in [1.165, 1.54) is 0 Å². The van der Waals surface area contributed by atoms with Crippen LogP contribution in [0.3, 0.4) is 0 Å². The van der Waals surface area contributed by atoms with Gasteiger partial charge in [0, 0.05) is 36.9 Å². The standard InChI is InChI=1S/C13H13BrN6/c1-20-8-18-12(19-20)3-5-15-10-2-4-16-11-6-9(14)7-17-13(10)11/h2,4,6-8H,3,5H2,1H3,(H,15,16). The van der Waals surface area contributed by atoms with E-state index in [0.717, 1.165) is 40.0 Å². The van der Waals surface area contributed by atoms with Crippen LogP contribution in [0.2, 0.25) is 0 Å². The fourth-order valence-electron chi connectivity index (χ4n) is 1.96. The third kappa shape index (κ3) is 2.77. The molecule has 0 amide bonds. The van der Waals surface area contributed by atoms with Crippen LogP contribution in [0.5, 0.6) is 0 Å². The van der Waals surface area contributed by atoms with Crippen molar-refractivity contribution in [2.24, 2.45) is 7.05 Å². The maximum absolute atomic E-state index is 4.40. The molecule has 3 heterocycles. The van der Waals surface area contributed by atoms with E-state index >= 15 is 0 Å². The minimum Gasteiger partial charge on any atom is -0.383 e. The summed E-state index contributed by atoms with van der Waals surface area (Å²) in [6.45, 7) is 0.751. The van der Waals surface area contributed by atoms with E-state index in [1.807, 2.05) is 19.2 Å². The quantitative estimate of drug-likeness (QED) is 0.793. The molecule has 1 N–H and O–H groups in total. The third-order valence-electron chi connectivity index (χ3n) is 2.86. The molecule has 20 heavy (non-hydrogen) atoms. The number of hydrogen-bond acceptors (Lipinski definition) is 5. The van der Waals surface area contributed by atoms with Crippen LogP contribution >= 0.6 is 15.9 Å². The highest BCUT2D eigenvalue weighted by Crippen LogP contribution is 2.21. The summed E-state index contributed by atoms with van der Waals surface area (Å²) in [6, 6.07) is 3.88. The summed E-state index contributed by atoms with van der Waals surface area (Å²) in [5, 5.41) is 7.60. The molecule has 0 saturated carbocycles. The first-order valence-corrected chi connectivity index (χ1v) is 7.00. The Morgan fingerprint density at radius 1 is 1.30 bits per heavy atom. The van der Waals surface area contributed by atoms with E-state index in [1.54, 1.807) is 23.4 Å². The third-order valence-corrected chi connectivity index (χ3v) is 3.29. The average Bonchev–Trinajstić information content (AvgIpc) is 2.84. The van der Waals surface area contributed by atoms with Crippen molar-refractivity contribution in [1.29, 1.82) is 0 Å². The van der Waals surface area contributed by atoms with Gasteiger partial charge in [0.2, 0.25) is 0 Å². The van der Waals surface area contributed by atoms with Crippen LogP contribution in [-0.4, -0.2) is 31.3 Å². The molecule has 0 aliphatic rings. The molecule has 6 nitrogen and oxygen atoms in total. The number of pyridine rings is 2. The van der Waals surface area contributed by atoms with Crippen LogP contribution in [0.1, 0.15) is 5.82 Å². The van der Waals surface area contributed by atoms with E-state index < -0.39 is 0 Å². The first-order chi connectivity index (χ1) is 9.72. The number of aryl methyl sites for hydroxylation is 1. The minimum atomic E-state index is 0.751. The van der Waals surface area contributed by atoms with Gasteiger partial charge in [0.25, 0.3) is 0 Å². The second-order valence-electron chi connectivity index (χ2n) is 4.39. The second-order valence-corrected chi connectivity index (χ2v) is 5.31. The molecule has 0 bridgehead atoms. The summed E-state index contributed by atoms with van der Waals surface area (Å²) in [5.74, 6) is 0.828. The molecular weight excluding hydrogens is 320 g/mol. The fraction of sp³-hybridized carbons (Fsp3) is 0.231. The number of nitrogens with zero attached hydrogens (tertiary/aromatic N) is 5. The van der Waals surface area contributed by atoms with Gasteiger partial charge in [-0.05, 0) is 28.1 Å². The van der Waals surface area contributed by atoms with Crippen molar-refractivity contribution in [2.45, 2.75) is 6.42 Å². The summed E-state index contributed by atoms with van der Waals surface area (Å²) in [7, 11) is 1.86. The Morgan fingerprint density at radius 3 is 3.00 bits per heavy atom. The van der Waals surface area contributed by atoms with Gasteiger partial charge in [-0.15, -0.1) is 0 Å². The Labute approximate surface area is 124 Å². The van der Waals surface area contributed by atoms with Gasteiger partial charge >= 0.3 is 0 Å². The Hall–Kier alpha value is -2.02. The molecule has 0 aliphatic heterocycles. The zero-order valence-electron chi connectivity index (χ0n) is 10.9. The number of hydrogen-bond donors (Lipinski definition) is 1. The maximum atomic E-state index is 4.40. The predicted molar refractivity (Wildman–Crippen MR) is 80.4 cm³/mol. The maximum Gasteiger partial charge on any atom is 0.152 e. The molecule has 0 unspecified atom stereocenters. The van der Waals surface area contributed by atoms with Crippen molar-refractivity contribution in [3.63, 3.8) is 0 Å². The van der Waals surface area contributed by atoms with Crippen molar-refractivity contribution in [1.82, 2.24) is 24.7 Å². The lowest BCUT2D eigenvalue weighted by Crippen LogP contribution is -2.07. The number of fused-ring (bicyclic) bond motifs is 1. The molecule has 7 heteroatoms. The molecule has 0 aliphatic carbocycles. The van der Waals surface area contributed by atoms with Crippen molar-refractivity contribution in [3.05, 3.63) is 41.2 Å². The normalized spacial score (nSPS) is 10.9. The number of rotatable bonds is 4. The van der Waals surface area contributed by atoms with Crippen molar-refractivity contribution in [3.8, 4) is 0 Å². The van der Waals surface area contributed by atoms with E-state index in [2.05, 4.69) is 41.3 Å². The van der Waals surface area contributed by atoms with Gasteiger partial charge < -0.3 is 5.32 Å². The molecule has 0 atom stereocenters. The first-order valence-electron chi connectivity index (χ1n) is 6.21. The summed E-state index contributed by atoms with van der Waals surface area (Å²) >= 11 is 3.40. The van der Waals surface area contributed by atoms with Gasteiger partial charge in [-0.25, -0.2) is 4.98 Å². The SMILES string of the molecule is Cn1cnc(CCNc2ccnc3cc(Br)cnc23)n1. The molecule has 3 aromatic heterocycles. The fourth-order valence-corrected chi connectivity index (χ4v) is 2.27. The number of halogens is 1. The van der Waals surface area contributed by atoms with Gasteiger partial charge in [0.05, 0.1) is 11.2 Å². The lowest BCUT2D eigenvalue weighted by Gasteiger charge is -2.07. The van der Waals surface area contributed by atoms with Crippen LogP contribution < -0.4 is 5.32 Å². The molecule has 0 saturated heterocycles. The van der Waals surface area contributed by atoms with Crippen LogP contribution in [-0.2, 0) is 13.5 Å². The van der Waals surface area contributed by atoms with Gasteiger partial charge in [0.1, 0.15) is 11.8 Å². The highest BCUT2D eigenvalue weighted by atomic mass is 79.9. The topological polar surface area (TPSA) is 68.5 Å². The Morgan fingerprint density at radius 2 is 2.20 bits per heavy atom. The molecule has 3 rings (SSSR count). The number of aromatic nitrogens is 5. The van der Waals surface area contributed by atoms with Gasteiger partial charge in [-0.3, -0.25) is 14.6 Å².